The lowest BCUT2D eigenvalue weighted by Crippen LogP contribution is -2.16. The number of benzene rings is 1. The van der Waals surface area contributed by atoms with Crippen LogP contribution in [0.15, 0.2) is 28.9 Å². The molecule has 0 bridgehead atoms. The number of carboxylic acid groups (broad SMARTS) is 1. The van der Waals surface area contributed by atoms with E-state index in [1.807, 2.05) is 13.8 Å². The predicted molar refractivity (Wildman–Crippen MR) is 91.5 cm³/mol. The molecule has 1 heterocycles. The van der Waals surface area contributed by atoms with Gasteiger partial charge in [0.1, 0.15) is 12.2 Å². The molecular formula is C18H21NO6. The van der Waals surface area contributed by atoms with Gasteiger partial charge in [-0.2, -0.15) is 0 Å². The molecule has 0 unspecified atom stereocenters. The maximum absolute atomic E-state index is 12.6. The van der Waals surface area contributed by atoms with E-state index in [2.05, 4.69) is 5.32 Å². The number of hydrogen-bond donors (Lipinski definition) is 2. The van der Waals surface area contributed by atoms with Crippen molar-refractivity contribution in [2.45, 2.75) is 33.3 Å². The number of carbonyl (C=O) groups is 2. The van der Waals surface area contributed by atoms with Crippen LogP contribution in [0.1, 0.15) is 35.5 Å². The highest BCUT2D eigenvalue weighted by molar-refractivity contribution is 6.06. The molecule has 1 aromatic heterocycles. The second-order valence-corrected chi connectivity index (χ2v) is 5.77. The van der Waals surface area contributed by atoms with Gasteiger partial charge in [-0.05, 0) is 32.9 Å². The molecule has 1 aromatic carbocycles. The maximum atomic E-state index is 12.6. The minimum Gasteiger partial charge on any atom is -0.493 e. The van der Waals surface area contributed by atoms with Crippen LogP contribution in [0.4, 0.5) is 5.69 Å². The van der Waals surface area contributed by atoms with Crippen molar-refractivity contribution in [1.29, 1.82) is 0 Å². The van der Waals surface area contributed by atoms with Crippen LogP contribution in [0.25, 0.3) is 0 Å². The number of furan rings is 1. The van der Waals surface area contributed by atoms with Crippen molar-refractivity contribution < 1.29 is 28.6 Å². The Morgan fingerprint density at radius 2 is 2.00 bits per heavy atom. The van der Waals surface area contributed by atoms with Crippen LogP contribution in [-0.4, -0.2) is 30.2 Å². The van der Waals surface area contributed by atoms with E-state index in [0.29, 0.717) is 22.7 Å². The van der Waals surface area contributed by atoms with Gasteiger partial charge in [-0.3, -0.25) is 9.59 Å². The van der Waals surface area contributed by atoms with E-state index in [-0.39, 0.29) is 23.8 Å². The van der Waals surface area contributed by atoms with E-state index in [9.17, 15) is 9.59 Å². The number of carbonyl (C=O) groups excluding carboxylic acids is 1. The molecule has 0 saturated carbocycles. The molecule has 0 radical (unpaired) electrons. The fourth-order valence-electron chi connectivity index (χ4n) is 2.36. The normalized spacial score (nSPS) is 10.6. The summed E-state index contributed by atoms with van der Waals surface area (Å²) in [6, 6.07) is 5.02. The first kappa shape index (κ1) is 18.4. The fraction of sp³-hybridized carbons (Fsp3) is 0.333. The molecule has 0 spiro atoms. The average molecular weight is 347 g/mol. The van der Waals surface area contributed by atoms with Crippen LogP contribution in [0.3, 0.4) is 0 Å². The number of methoxy groups -OCH3 is 1. The van der Waals surface area contributed by atoms with Crippen molar-refractivity contribution in [2.24, 2.45) is 0 Å². The van der Waals surface area contributed by atoms with Gasteiger partial charge in [0, 0.05) is 17.3 Å². The zero-order chi connectivity index (χ0) is 18.6. The van der Waals surface area contributed by atoms with Gasteiger partial charge < -0.3 is 24.3 Å². The van der Waals surface area contributed by atoms with Crippen molar-refractivity contribution in [3.8, 4) is 11.5 Å². The van der Waals surface area contributed by atoms with Crippen molar-refractivity contribution >= 4 is 17.6 Å². The quantitative estimate of drug-likeness (QED) is 0.798. The summed E-state index contributed by atoms with van der Waals surface area (Å²) >= 11 is 0. The molecule has 0 fully saturated rings. The third-order valence-electron chi connectivity index (χ3n) is 3.37. The van der Waals surface area contributed by atoms with Crippen molar-refractivity contribution in [2.75, 3.05) is 12.4 Å². The van der Waals surface area contributed by atoms with E-state index in [1.165, 1.54) is 13.4 Å². The van der Waals surface area contributed by atoms with E-state index >= 15 is 0 Å². The molecule has 0 atom stereocenters. The Morgan fingerprint density at radius 1 is 1.28 bits per heavy atom. The van der Waals surface area contributed by atoms with Gasteiger partial charge >= 0.3 is 5.97 Å². The Kier molecular flexibility index (Phi) is 5.69. The molecule has 2 aromatic rings. The molecule has 2 rings (SSSR count). The second kappa shape index (κ2) is 7.74. The number of aliphatic carboxylic acids is 1. The molecule has 0 aliphatic rings. The SMILES string of the molecule is COc1ccc(NC(=O)c2c(C)coc2CC(=O)O)cc1OC(C)C. The number of amides is 1. The molecule has 0 saturated heterocycles. The van der Waals surface area contributed by atoms with Gasteiger partial charge in [0.2, 0.25) is 0 Å². The first-order chi connectivity index (χ1) is 11.8. The number of anilines is 1. The summed E-state index contributed by atoms with van der Waals surface area (Å²) in [5.74, 6) is -0.332. The summed E-state index contributed by atoms with van der Waals surface area (Å²) < 4.78 is 16.1. The van der Waals surface area contributed by atoms with Gasteiger partial charge in [0.15, 0.2) is 11.5 Å². The highest BCUT2D eigenvalue weighted by atomic mass is 16.5. The standard InChI is InChI=1S/C18H21NO6/c1-10(2)25-14-7-12(5-6-13(14)23-4)19-18(22)17-11(3)9-24-15(17)8-16(20)21/h5-7,9-10H,8H2,1-4H3,(H,19,22)(H,20,21). The first-order valence-electron chi connectivity index (χ1n) is 7.76. The van der Waals surface area contributed by atoms with Gasteiger partial charge in [-0.1, -0.05) is 0 Å². The topological polar surface area (TPSA) is 98.0 Å². The molecule has 2 N–H and O–H groups in total. The summed E-state index contributed by atoms with van der Waals surface area (Å²) in [5.41, 5.74) is 1.30. The summed E-state index contributed by atoms with van der Waals surface area (Å²) in [6.45, 7) is 5.46. The fourth-order valence-corrected chi connectivity index (χ4v) is 2.36. The molecule has 0 aliphatic carbocycles. The lowest BCUT2D eigenvalue weighted by atomic mass is 10.1. The van der Waals surface area contributed by atoms with Crippen molar-refractivity contribution in [3.63, 3.8) is 0 Å². The lowest BCUT2D eigenvalue weighted by Gasteiger charge is -2.15. The van der Waals surface area contributed by atoms with E-state index in [4.69, 9.17) is 19.0 Å². The zero-order valence-electron chi connectivity index (χ0n) is 14.6. The zero-order valence-corrected chi connectivity index (χ0v) is 14.6. The van der Waals surface area contributed by atoms with E-state index in [0.717, 1.165) is 0 Å². The summed E-state index contributed by atoms with van der Waals surface area (Å²) in [7, 11) is 1.54. The number of nitrogens with one attached hydrogen (secondary N) is 1. The van der Waals surface area contributed by atoms with Crippen LogP contribution in [-0.2, 0) is 11.2 Å². The lowest BCUT2D eigenvalue weighted by molar-refractivity contribution is -0.136. The highest BCUT2D eigenvalue weighted by Crippen LogP contribution is 2.31. The molecule has 0 aliphatic heterocycles. The van der Waals surface area contributed by atoms with Crippen molar-refractivity contribution in [3.05, 3.63) is 41.3 Å². The van der Waals surface area contributed by atoms with Gasteiger partial charge in [0.25, 0.3) is 5.91 Å². The highest BCUT2D eigenvalue weighted by Gasteiger charge is 2.21. The number of aryl methyl sites for hydroxylation is 1. The van der Waals surface area contributed by atoms with E-state index in [1.54, 1.807) is 25.1 Å². The Labute approximate surface area is 145 Å². The monoisotopic (exact) mass is 347 g/mol. The number of hydrogen-bond acceptors (Lipinski definition) is 5. The summed E-state index contributed by atoms with van der Waals surface area (Å²) in [4.78, 5) is 23.5. The smallest absolute Gasteiger partial charge is 0.311 e. The predicted octanol–water partition coefficient (Wildman–Crippen LogP) is 3.26. The third kappa shape index (κ3) is 4.53. The van der Waals surface area contributed by atoms with Crippen LogP contribution in [0, 0.1) is 6.92 Å². The Morgan fingerprint density at radius 3 is 2.60 bits per heavy atom. The van der Waals surface area contributed by atoms with Crippen LogP contribution in [0.5, 0.6) is 11.5 Å². The van der Waals surface area contributed by atoms with Gasteiger partial charge in [-0.25, -0.2) is 0 Å². The van der Waals surface area contributed by atoms with Crippen LogP contribution < -0.4 is 14.8 Å². The maximum Gasteiger partial charge on any atom is 0.311 e. The molecule has 1 amide bonds. The van der Waals surface area contributed by atoms with Crippen molar-refractivity contribution in [1.82, 2.24) is 0 Å². The minimum atomic E-state index is -1.07. The first-order valence-corrected chi connectivity index (χ1v) is 7.76. The van der Waals surface area contributed by atoms with Gasteiger partial charge in [-0.15, -0.1) is 0 Å². The summed E-state index contributed by atoms with van der Waals surface area (Å²) in [5, 5.41) is 11.7. The largest absolute Gasteiger partial charge is 0.493 e. The molecule has 7 nitrogen and oxygen atoms in total. The number of ether oxygens (including phenoxy) is 2. The Bertz CT molecular complexity index is 778. The third-order valence-corrected chi connectivity index (χ3v) is 3.37. The van der Waals surface area contributed by atoms with Crippen LogP contribution >= 0.6 is 0 Å². The average Bonchev–Trinajstić information content (AvgIpc) is 2.87. The minimum absolute atomic E-state index is 0.0573. The Balaban J connectivity index is 2.26. The Hall–Kier alpha value is -2.96. The summed E-state index contributed by atoms with van der Waals surface area (Å²) in [6.07, 6.45) is 0.952. The van der Waals surface area contributed by atoms with Crippen LogP contribution in [0.2, 0.25) is 0 Å². The van der Waals surface area contributed by atoms with Gasteiger partial charge in [0.05, 0.1) is 25.0 Å². The second-order valence-electron chi connectivity index (χ2n) is 5.77. The molecule has 25 heavy (non-hydrogen) atoms. The molecule has 134 valence electrons. The number of rotatable bonds is 7. The number of carboxylic acids is 1. The molecule has 7 heteroatoms. The molecular weight excluding hydrogens is 326 g/mol. The van der Waals surface area contributed by atoms with E-state index < -0.39 is 11.9 Å².